The monoisotopic (exact) mass is 161 g/mol. The first-order chi connectivity index (χ1) is 5.35. The Morgan fingerprint density at radius 3 is 1.18 bits per heavy atom. The second kappa shape index (κ2) is 22.5. The van der Waals surface area contributed by atoms with Crippen LogP contribution in [0.2, 0.25) is 0 Å². The zero-order valence-corrected chi connectivity index (χ0v) is 9.49. The topological polar surface area (TPSA) is 12.0 Å². The van der Waals surface area contributed by atoms with Gasteiger partial charge in [-0.1, -0.05) is 41.5 Å². The summed E-state index contributed by atoms with van der Waals surface area (Å²) in [7, 11) is 2.01. The molecule has 0 saturated carbocycles. The molecule has 0 fully saturated rings. The fourth-order valence-corrected chi connectivity index (χ4v) is 0.697. The van der Waals surface area contributed by atoms with Crippen molar-refractivity contribution in [2.75, 3.05) is 7.05 Å². The van der Waals surface area contributed by atoms with E-state index < -0.39 is 0 Å². The van der Waals surface area contributed by atoms with Gasteiger partial charge in [0.25, 0.3) is 0 Å². The van der Waals surface area contributed by atoms with Crippen molar-refractivity contribution in [1.82, 2.24) is 5.32 Å². The standard InChI is InChI=1S/C6H15N.2C2H6/c1-4-6(5-2)7-3;2*1-2/h6-7H,4-5H2,1-3H3;2*1-2H3. The van der Waals surface area contributed by atoms with Crippen LogP contribution in [0.4, 0.5) is 0 Å². The van der Waals surface area contributed by atoms with E-state index in [1.165, 1.54) is 12.8 Å². The molecule has 0 bridgehead atoms. The summed E-state index contributed by atoms with van der Waals surface area (Å²) >= 11 is 0. The van der Waals surface area contributed by atoms with E-state index in [4.69, 9.17) is 0 Å². The molecule has 0 spiro atoms. The molecule has 0 radical (unpaired) electrons. The molecule has 1 N–H and O–H groups in total. The predicted molar refractivity (Wildman–Crippen MR) is 56.1 cm³/mol. The van der Waals surface area contributed by atoms with Gasteiger partial charge in [0.2, 0.25) is 0 Å². The van der Waals surface area contributed by atoms with Crippen molar-refractivity contribution in [2.24, 2.45) is 0 Å². The lowest BCUT2D eigenvalue weighted by atomic mass is 10.2. The minimum atomic E-state index is 0.736. The molecule has 11 heavy (non-hydrogen) atoms. The maximum atomic E-state index is 3.20. The zero-order valence-electron chi connectivity index (χ0n) is 9.49. The van der Waals surface area contributed by atoms with Gasteiger partial charge in [0, 0.05) is 6.04 Å². The molecule has 0 aromatic carbocycles. The molecule has 0 heterocycles. The Labute approximate surface area is 73.6 Å². The van der Waals surface area contributed by atoms with Gasteiger partial charge in [0.15, 0.2) is 0 Å². The third-order valence-corrected chi connectivity index (χ3v) is 1.39. The molecule has 0 aliphatic rings. The van der Waals surface area contributed by atoms with E-state index in [9.17, 15) is 0 Å². The summed E-state index contributed by atoms with van der Waals surface area (Å²) in [6.45, 7) is 12.4. The molecule has 1 heteroatoms. The van der Waals surface area contributed by atoms with Crippen LogP contribution in [0.5, 0.6) is 0 Å². The van der Waals surface area contributed by atoms with E-state index in [1.54, 1.807) is 0 Å². The van der Waals surface area contributed by atoms with E-state index in [1.807, 2.05) is 34.7 Å². The van der Waals surface area contributed by atoms with Gasteiger partial charge in [0.05, 0.1) is 0 Å². The van der Waals surface area contributed by atoms with Crippen LogP contribution in [-0.4, -0.2) is 13.1 Å². The highest BCUT2D eigenvalue weighted by molar-refractivity contribution is 4.56. The van der Waals surface area contributed by atoms with Gasteiger partial charge in [0.1, 0.15) is 0 Å². The maximum Gasteiger partial charge on any atom is 0.00588 e. The molecule has 0 saturated heterocycles. The summed E-state index contributed by atoms with van der Waals surface area (Å²) in [5.41, 5.74) is 0. The first-order valence-corrected chi connectivity index (χ1v) is 5.02. The van der Waals surface area contributed by atoms with Crippen LogP contribution in [0.3, 0.4) is 0 Å². The first kappa shape index (κ1) is 17.2. The van der Waals surface area contributed by atoms with Gasteiger partial charge in [-0.25, -0.2) is 0 Å². The Morgan fingerprint density at radius 1 is 0.909 bits per heavy atom. The number of nitrogens with one attached hydrogen (secondary N) is 1. The molecular formula is C10H27N. The van der Waals surface area contributed by atoms with E-state index in [0.717, 1.165) is 6.04 Å². The summed E-state index contributed by atoms with van der Waals surface area (Å²) in [6, 6.07) is 0.736. The molecule has 0 aliphatic heterocycles. The van der Waals surface area contributed by atoms with Gasteiger partial charge in [-0.05, 0) is 19.9 Å². The summed E-state index contributed by atoms with van der Waals surface area (Å²) < 4.78 is 0. The molecule has 0 rings (SSSR count). The van der Waals surface area contributed by atoms with Gasteiger partial charge in [-0.15, -0.1) is 0 Å². The third-order valence-electron chi connectivity index (χ3n) is 1.39. The van der Waals surface area contributed by atoms with Crippen LogP contribution < -0.4 is 5.32 Å². The Kier molecular flexibility index (Phi) is 35.1. The van der Waals surface area contributed by atoms with Crippen molar-refractivity contribution in [1.29, 1.82) is 0 Å². The largest absolute Gasteiger partial charge is 0.317 e. The SMILES string of the molecule is CC.CC.CCC(CC)NC. The summed E-state index contributed by atoms with van der Waals surface area (Å²) in [4.78, 5) is 0. The summed E-state index contributed by atoms with van der Waals surface area (Å²) in [5.74, 6) is 0. The van der Waals surface area contributed by atoms with E-state index in [-0.39, 0.29) is 0 Å². The van der Waals surface area contributed by atoms with Crippen LogP contribution in [-0.2, 0) is 0 Å². The minimum Gasteiger partial charge on any atom is -0.317 e. The summed E-state index contributed by atoms with van der Waals surface area (Å²) in [5, 5.41) is 3.20. The van der Waals surface area contributed by atoms with Crippen molar-refractivity contribution in [3.8, 4) is 0 Å². The molecule has 0 aromatic rings. The van der Waals surface area contributed by atoms with E-state index in [0.29, 0.717) is 0 Å². The average molecular weight is 161 g/mol. The van der Waals surface area contributed by atoms with Crippen LogP contribution in [0.25, 0.3) is 0 Å². The molecule has 0 aromatic heterocycles. The molecule has 1 nitrogen and oxygen atoms in total. The Bertz CT molecular complexity index is 26.3. The third kappa shape index (κ3) is 17.8. The molecule has 0 aliphatic carbocycles. The lowest BCUT2D eigenvalue weighted by Crippen LogP contribution is -2.22. The maximum absolute atomic E-state index is 3.20. The van der Waals surface area contributed by atoms with E-state index in [2.05, 4.69) is 19.2 Å². The second-order valence-electron chi connectivity index (χ2n) is 1.80. The number of rotatable bonds is 3. The Balaban J connectivity index is -0.000000138. The van der Waals surface area contributed by atoms with Crippen LogP contribution in [0, 0.1) is 0 Å². The summed E-state index contributed by atoms with van der Waals surface area (Å²) in [6.07, 6.45) is 2.49. The zero-order chi connectivity index (χ0) is 9.70. The lowest BCUT2D eigenvalue weighted by molar-refractivity contribution is 0.531. The van der Waals surface area contributed by atoms with E-state index >= 15 is 0 Å². The molecule has 0 atom stereocenters. The van der Waals surface area contributed by atoms with Gasteiger partial charge in [-0.3, -0.25) is 0 Å². The molecular weight excluding hydrogens is 134 g/mol. The van der Waals surface area contributed by atoms with Gasteiger partial charge < -0.3 is 5.32 Å². The van der Waals surface area contributed by atoms with Crippen molar-refractivity contribution < 1.29 is 0 Å². The Hall–Kier alpha value is -0.0400. The van der Waals surface area contributed by atoms with Crippen molar-refractivity contribution >= 4 is 0 Å². The predicted octanol–water partition coefficient (Wildman–Crippen LogP) is 3.45. The first-order valence-electron chi connectivity index (χ1n) is 5.02. The van der Waals surface area contributed by atoms with Crippen molar-refractivity contribution in [2.45, 2.75) is 60.4 Å². The number of hydrogen-bond acceptors (Lipinski definition) is 1. The van der Waals surface area contributed by atoms with Gasteiger partial charge in [-0.2, -0.15) is 0 Å². The minimum absolute atomic E-state index is 0.736. The average Bonchev–Trinajstić information content (AvgIpc) is 2.14. The van der Waals surface area contributed by atoms with Gasteiger partial charge >= 0.3 is 0 Å². The van der Waals surface area contributed by atoms with Crippen molar-refractivity contribution in [3.63, 3.8) is 0 Å². The van der Waals surface area contributed by atoms with Crippen molar-refractivity contribution in [3.05, 3.63) is 0 Å². The molecule has 0 unspecified atom stereocenters. The fourth-order valence-electron chi connectivity index (χ4n) is 0.697. The molecule has 0 amide bonds. The highest BCUT2D eigenvalue weighted by Gasteiger charge is 1.94. The highest BCUT2D eigenvalue weighted by Crippen LogP contribution is 1.92. The second-order valence-corrected chi connectivity index (χ2v) is 1.80. The van der Waals surface area contributed by atoms with Crippen LogP contribution in [0.15, 0.2) is 0 Å². The fraction of sp³-hybridized carbons (Fsp3) is 1.00. The van der Waals surface area contributed by atoms with Crippen LogP contribution >= 0.6 is 0 Å². The normalized spacial score (nSPS) is 7.64. The lowest BCUT2D eigenvalue weighted by Gasteiger charge is -2.08. The highest BCUT2D eigenvalue weighted by atomic mass is 14.9. The number of hydrogen-bond donors (Lipinski definition) is 1. The smallest absolute Gasteiger partial charge is 0.00588 e. The van der Waals surface area contributed by atoms with Crippen LogP contribution in [0.1, 0.15) is 54.4 Å². The quantitative estimate of drug-likeness (QED) is 0.668. The Morgan fingerprint density at radius 2 is 1.18 bits per heavy atom. The molecule has 72 valence electrons.